The van der Waals surface area contributed by atoms with Crippen molar-refractivity contribution < 1.29 is 4.74 Å². The summed E-state index contributed by atoms with van der Waals surface area (Å²) in [6.45, 7) is 3.78. The quantitative estimate of drug-likeness (QED) is 0.457. The lowest BCUT2D eigenvalue weighted by molar-refractivity contribution is -0.0840. The van der Waals surface area contributed by atoms with Gasteiger partial charge < -0.3 is 9.64 Å². The van der Waals surface area contributed by atoms with Gasteiger partial charge in [-0.1, -0.05) is 60.1 Å². The topological polar surface area (TPSA) is 28.6 Å². The smallest absolute Gasteiger partial charge is 0.128 e. The van der Waals surface area contributed by atoms with Crippen LogP contribution in [0.2, 0.25) is 5.02 Å². The predicted octanol–water partition coefficient (Wildman–Crippen LogP) is 5.81. The van der Waals surface area contributed by atoms with Crippen LogP contribution in [0.5, 0.6) is 0 Å². The fourth-order valence-corrected chi connectivity index (χ4v) is 5.19. The molecule has 4 nitrogen and oxygen atoms in total. The number of nitrogens with zero attached hydrogens (tertiary/aromatic N) is 3. The lowest BCUT2D eigenvalue weighted by Crippen LogP contribution is -2.55. The average molecular weight is 484 g/mol. The molecule has 2 aliphatic rings. The first-order valence-corrected chi connectivity index (χ1v) is 12.0. The Balaban J connectivity index is 0.00000259. The van der Waals surface area contributed by atoms with Crippen molar-refractivity contribution in [2.24, 2.45) is 0 Å². The third-order valence-electron chi connectivity index (χ3n) is 6.80. The summed E-state index contributed by atoms with van der Waals surface area (Å²) in [5.74, 6) is 1.09. The molecule has 0 saturated carbocycles. The second kappa shape index (κ2) is 11.3. The van der Waals surface area contributed by atoms with Gasteiger partial charge in [-0.25, -0.2) is 4.98 Å². The molecule has 1 aromatic heterocycles. The first kappa shape index (κ1) is 24.0. The lowest BCUT2D eigenvalue weighted by atomic mass is 9.95. The van der Waals surface area contributed by atoms with Crippen LogP contribution in [-0.4, -0.2) is 48.2 Å². The summed E-state index contributed by atoms with van der Waals surface area (Å²) < 4.78 is 6.40. The molecule has 2 atom stereocenters. The number of piperidine rings is 1. The van der Waals surface area contributed by atoms with E-state index in [-0.39, 0.29) is 18.5 Å². The minimum Gasteiger partial charge on any atom is -0.371 e. The molecule has 6 heteroatoms. The normalized spacial score (nSPS) is 22.0. The van der Waals surface area contributed by atoms with E-state index in [0.29, 0.717) is 12.1 Å². The number of ether oxygens (including phenoxy) is 1. The second-order valence-electron chi connectivity index (χ2n) is 8.82. The van der Waals surface area contributed by atoms with Gasteiger partial charge in [-0.3, -0.25) is 4.90 Å². The molecular weight excluding hydrogens is 453 g/mol. The molecule has 0 aliphatic carbocycles. The summed E-state index contributed by atoms with van der Waals surface area (Å²) in [5, 5.41) is 0.788. The Morgan fingerprint density at radius 2 is 1.64 bits per heavy atom. The summed E-state index contributed by atoms with van der Waals surface area (Å²) in [7, 11) is 0. The molecule has 2 aromatic carbocycles. The Bertz CT molecular complexity index is 979. The van der Waals surface area contributed by atoms with E-state index >= 15 is 0 Å². The number of aromatic nitrogens is 1. The highest BCUT2D eigenvalue weighted by atomic mass is 35.5. The zero-order valence-corrected chi connectivity index (χ0v) is 20.3. The van der Waals surface area contributed by atoms with E-state index in [0.717, 1.165) is 56.3 Å². The molecule has 0 bridgehead atoms. The van der Waals surface area contributed by atoms with Crippen LogP contribution in [0.25, 0.3) is 0 Å². The minimum absolute atomic E-state index is 0. The first-order chi connectivity index (χ1) is 15.8. The number of benzene rings is 2. The predicted molar refractivity (Wildman–Crippen MR) is 138 cm³/mol. The van der Waals surface area contributed by atoms with Gasteiger partial charge in [0.1, 0.15) is 5.82 Å². The van der Waals surface area contributed by atoms with E-state index in [1.807, 2.05) is 24.4 Å². The van der Waals surface area contributed by atoms with Crippen molar-refractivity contribution in [3.63, 3.8) is 0 Å². The molecular formula is C27H31Cl2N3O. The molecule has 0 N–H and O–H groups in total. The van der Waals surface area contributed by atoms with E-state index in [9.17, 15) is 0 Å². The molecule has 0 radical (unpaired) electrons. The van der Waals surface area contributed by atoms with E-state index in [1.165, 1.54) is 11.1 Å². The molecule has 2 fully saturated rings. The SMILES string of the molecule is Cl.Clc1ccc(C[C@H]2COC(c3ccccc3)CN2C2CCN(c3ccccn3)CC2)cc1. The molecule has 2 saturated heterocycles. The molecule has 5 rings (SSSR count). The van der Waals surface area contributed by atoms with Gasteiger partial charge in [-0.05, 0) is 54.7 Å². The molecule has 33 heavy (non-hydrogen) atoms. The monoisotopic (exact) mass is 483 g/mol. The number of anilines is 1. The maximum atomic E-state index is 6.40. The van der Waals surface area contributed by atoms with Crippen molar-refractivity contribution in [3.8, 4) is 0 Å². The third-order valence-corrected chi connectivity index (χ3v) is 7.05. The number of halogens is 2. The van der Waals surface area contributed by atoms with Gasteiger partial charge in [0.25, 0.3) is 0 Å². The Hall–Kier alpha value is -2.11. The number of hydrogen-bond donors (Lipinski definition) is 0. The molecule has 3 aromatic rings. The van der Waals surface area contributed by atoms with E-state index in [1.54, 1.807) is 0 Å². The number of morpholine rings is 1. The van der Waals surface area contributed by atoms with E-state index in [2.05, 4.69) is 69.4 Å². The summed E-state index contributed by atoms with van der Waals surface area (Å²) in [4.78, 5) is 9.70. The maximum Gasteiger partial charge on any atom is 0.128 e. The van der Waals surface area contributed by atoms with Crippen molar-refractivity contribution in [2.75, 3.05) is 31.1 Å². The third kappa shape index (κ3) is 5.88. The Morgan fingerprint density at radius 1 is 0.909 bits per heavy atom. The van der Waals surface area contributed by atoms with Gasteiger partial charge >= 0.3 is 0 Å². The van der Waals surface area contributed by atoms with Crippen molar-refractivity contribution in [3.05, 3.63) is 95.1 Å². The molecule has 0 spiro atoms. The van der Waals surface area contributed by atoms with Gasteiger partial charge in [0, 0.05) is 42.9 Å². The fourth-order valence-electron chi connectivity index (χ4n) is 5.07. The summed E-state index contributed by atoms with van der Waals surface area (Å²) >= 11 is 6.11. The largest absolute Gasteiger partial charge is 0.371 e. The van der Waals surface area contributed by atoms with Crippen molar-refractivity contribution in [2.45, 2.75) is 37.5 Å². The van der Waals surface area contributed by atoms with Crippen LogP contribution in [0.1, 0.15) is 30.1 Å². The fraction of sp³-hybridized carbons (Fsp3) is 0.370. The van der Waals surface area contributed by atoms with Gasteiger partial charge in [-0.2, -0.15) is 0 Å². The number of pyridine rings is 1. The van der Waals surface area contributed by atoms with Gasteiger partial charge in [-0.15, -0.1) is 12.4 Å². The zero-order valence-electron chi connectivity index (χ0n) is 18.7. The van der Waals surface area contributed by atoms with E-state index in [4.69, 9.17) is 16.3 Å². The highest BCUT2D eigenvalue weighted by Crippen LogP contribution is 2.31. The summed E-state index contributed by atoms with van der Waals surface area (Å²) in [6, 6.07) is 26.0. The summed E-state index contributed by atoms with van der Waals surface area (Å²) in [5.41, 5.74) is 2.59. The summed E-state index contributed by atoms with van der Waals surface area (Å²) in [6.07, 6.45) is 5.30. The van der Waals surface area contributed by atoms with E-state index < -0.39 is 0 Å². The van der Waals surface area contributed by atoms with Gasteiger partial charge in [0.05, 0.1) is 12.7 Å². The average Bonchev–Trinajstić information content (AvgIpc) is 2.87. The Kier molecular flexibility index (Phi) is 8.26. The maximum absolute atomic E-state index is 6.40. The molecule has 2 aliphatic heterocycles. The number of rotatable bonds is 5. The molecule has 0 amide bonds. The van der Waals surface area contributed by atoms with Crippen molar-refractivity contribution in [1.29, 1.82) is 0 Å². The van der Waals surface area contributed by atoms with Crippen LogP contribution in [0, 0.1) is 0 Å². The van der Waals surface area contributed by atoms with Crippen LogP contribution >= 0.6 is 24.0 Å². The first-order valence-electron chi connectivity index (χ1n) is 11.6. The van der Waals surface area contributed by atoms with Crippen LogP contribution in [0.3, 0.4) is 0 Å². The lowest BCUT2D eigenvalue weighted by Gasteiger charge is -2.47. The van der Waals surface area contributed by atoms with Crippen molar-refractivity contribution in [1.82, 2.24) is 9.88 Å². The van der Waals surface area contributed by atoms with Crippen molar-refractivity contribution >= 4 is 29.8 Å². The highest BCUT2D eigenvalue weighted by molar-refractivity contribution is 6.30. The highest BCUT2D eigenvalue weighted by Gasteiger charge is 2.36. The van der Waals surface area contributed by atoms with Gasteiger partial charge in [0.2, 0.25) is 0 Å². The standard InChI is InChI=1S/C27H30ClN3O.ClH/c28-23-11-9-21(10-12-23)18-25-20-32-26(22-6-2-1-3-7-22)19-31(25)24-13-16-30(17-14-24)27-8-4-5-15-29-27;/h1-12,15,24-26H,13-14,16-20H2;1H/t25-,26?;/m0./s1. The van der Waals surface area contributed by atoms with Crippen LogP contribution in [0.15, 0.2) is 79.0 Å². The van der Waals surface area contributed by atoms with Crippen LogP contribution < -0.4 is 4.90 Å². The molecule has 3 heterocycles. The Labute approximate surface area is 207 Å². The Morgan fingerprint density at radius 3 is 2.33 bits per heavy atom. The van der Waals surface area contributed by atoms with Crippen LogP contribution in [-0.2, 0) is 11.2 Å². The molecule has 174 valence electrons. The van der Waals surface area contributed by atoms with Crippen LogP contribution in [0.4, 0.5) is 5.82 Å². The zero-order chi connectivity index (χ0) is 21.8. The second-order valence-corrected chi connectivity index (χ2v) is 9.26. The molecule has 1 unspecified atom stereocenters. The minimum atomic E-state index is 0. The number of hydrogen-bond acceptors (Lipinski definition) is 4. The van der Waals surface area contributed by atoms with Gasteiger partial charge in [0.15, 0.2) is 0 Å².